The summed E-state index contributed by atoms with van der Waals surface area (Å²) in [4.78, 5) is 60.9. The van der Waals surface area contributed by atoms with Crippen LogP contribution in [-0.4, -0.2) is 107 Å². The summed E-state index contributed by atoms with van der Waals surface area (Å²) in [5.74, 6) is -0.666. The first-order valence-corrected chi connectivity index (χ1v) is 19.8. The monoisotopic (exact) mass is 777 g/mol. The Balaban J connectivity index is 0.742. The van der Waals surface area contributed by atoms with Crippen molar-refractivity contribution in [2.75, 3.05) is 57.4 Å². The Bertz CT molecular complexity index is 2420. The molecule has 9 rings (SSSR count). The summed E-state index contributed by atoms with van der Waals surface area (Å²) >= 11 is 0. The Hall–Kier alpha value is -6.44. The zero-order chi connectivity index (χ0) is 39.8. The molecule has 3 amide bonds. The molecule has 5 aromatic rings. The third-order valence-corrected chi connectivity index (χ3v) is 11.4. The van der Waals surface area contributed by atoms with Gasteiger partial charge in [-0.05, 0) is 85.0 Å². The SMILES string of the molecule is C=C1CCC(N2C(=O)c3ccc(OCCOCCN4CCN(c5ccc(-n6cc(-c7ccc8c(c7)CCC8=O)c(-c7ccncc7)n6)cc5)CC4)cc3C2=O)C(=O)N1. The van der Waals surface area contributed by atoms with Gasteiger partial charge < -0.3 is 19.7 Å². The number of amides is 3. The number of hydrogen-bond acceptors (Lipinski definition) is 10. The van der Waals surface area contributed by atoms with E-state index in [0.717, 1.165) is 88.9 Å². The second kappa shape index (κ2) is 15.8. The molecule has 2 fully saturated rings. The third kappa shape index (κ3) is 7.30. The number of aromatic nitrogens is 3. The van der Waals surface area contributed by atoms with Gasteiger partial charge in [-0.1, -0.05) is 24.8 Å². The number of hydrogen-bond donors (Lipinski definition) is 1. The number of ether oxygens (including phenoxy) is 2. The molecule has 294 valence electrons. The Morgan fingerprint density at radius 1 is 0.724 bits per heavy atom. The minimum absolute atomic E-state index is 0.213. The molecule has 13 heteroatoms. The summed E-state index contributed by atoms with van der Waals surface area (Å²) in [5.41, 5.74) is 9.05. The highest BCUT2D eigenvalue weighted by Crippen LogP contribution is 2.35. The molecule has 0 radical (unpaired) electrons. The normalized spacial score (nSPS) is 18.1. The number of carbonyl (C=O) groups excluding carboxylic acids is 4. The van der Waals surface area contributed by atoms with Gasteiger partial charge in [0.15, 0.2) is 5.78 Å². The van der Waals surface area contributed by atoms with E-state index in [2.05, 4.69) is 63.2 Å². The minimum atomic E-state index is -0.848. The van der Waals surface area contributed by atoms with Crippen LogP contribution in [0.25, 0.3) is 28.1 Å². The van der Waals surface area contributed by atoms with Crippen molar-refractivity contribution in [1.82, 2.24) is 29.9 Å². The number of allylic oxidation sites excluding steroid dienone is 1. The summed E-state index contributed by atoms with van der Waals surface area (Å²) < 4.78 is 13.7. The van der Waals surface area contributed by atoms with E-state index in [4.69, 9.17) is 14.6 Å². The van der Waals surface area contributed by atoms with Crippen molar-refractivity contribution in [3.8, 4) is 33.8 Å². The van der Waals surface area contributed by atoms with Gasteiger partial charge in [0.05, 0.1) is 30.0 Å². The molecular weight excluding hydrogens is 735 g/mol. The lowest BCUT2D eigenvalue weighted by molar-refractivity contribution is -0.125. The first kappa shape index (κ1) is 37.2. The van der Waals surface area contributed by atoms with Crippen LogP contribution in [0.4, 0.5) is 5.69 Å². The van der Waals surface area contributed by atoms with Crippen molar-refractivity contribution in [2.45, 2.75) is 31.7 Å². The summed E-state index contributed by atoms with van der Waals surface area (Å²) in [7, 11) is 0. The van der Waals surface area contributed by atoms with Crippen LogP contribution in [0.1, 0.15) is 55.9 Å². The number of fused-ring (bicyclic) bond motifs is 2. The van der Waals surface area contributed by atoms with Crippen LogP contribution >= 0.6 is 0 Å². The number of piperazine rings is 1. The van der Waals surface area contributed by atoms with E-state index in [-0.39, 0.29) is 16.9 Å². The van der Waals surface area contributed by atoms with Gasteiger partial charge >= 0.3 is 0 Å². The number of carbonyl (C=O) groups is 4. The van der Waals surface area contributed by atoms with Gasteiger partial charge in [-0.2, -0.15) is 5.10 Å². The second-order valence-corrected chi connectivity index (χ2v) is 15.0. The Morgan fingerprint density at radius 2 is 1.48 bits per heavy atom. The number of rotatable bonds is 12. The molecule has 13 nitrogen and oxygen atoms in total. The molecule has 1 atom stereocenters. The highest BCUT2D eigenvalue weighted by Gasteiger charge is 2.44. The smallest absolute Gasteiger partial charge is 0.262 e. The molecule has 3 aromatic carbocycles. The van der Waals surface area contributed by atoms with Crippen molar-refractivity contribution < 1.29 is 28.7 Å². The highest BCUT2D eigenvalue weighted by molar-refractivity contribution is 6.23. The van der Waals surface area contributed by atoms with Crippen LogP contribution in [0, 0.1) is 0 Å². The number of nitrogens with zero attached hydrogens (tertiary/aromatic N) is 6. The number of piperidine rings is 1. The fraction of sp³-hybridized carbons (Fsp3) is 0.289. The predicted octanol–water partition coefficient (Wildman–Crippen LogP) is 5.34. The average Bonchev–Trinajstić information content (AvgIpc) is 3.93. The second-order valence-electron chi connectivity index (χ2n) is 15.0. The van der Waals surface area contributed by atoms with Crippen LogP contribution in [0.3, 0.4) is 0 Å². The first-order valence-electron chi connectivity index (χ1n) is 19.8. The van der Waals surface area contributed by atoms with Gasteiger partial charge in [-0.3, -0.25) is 34.0 Å². The molecule has 5 heterocycles. The van der Waals surface area contributed by atoms with E-state index in [1.54, 1.807) is 30.6 Å². The van der Waals surface area contributed by atoms with Crippen molar-refractivity contribution in [2.24, 2.45) is 0 Å². The van der Waals surface area contributed by atoms with Gasteiger partial charge in [0.1, 0.15) is 24.1 Å². The third-order valence-electron chi connectivity index (χ3n) is 11.4. The molecule has 2 aromatic heterocycles. The van der Waals surface area contributed by atoms with E-state index >= 15 is 0 Å². The Morgan fingerprint density at radius 3 is 2.28 bits per heavy atom. The Labute approximate surface area is 335 Å². The van der Waals surface area contributed by atoms with E-state index < -0.39 is 23.8 Å². The van der Waals surface area contributed by atoms with Crippen LogP contribution in [0.2, 0.25) is 0 Å². The quantitative estimate of drug-likeness (QED) is 0.131. The van der Waals surface area contributed by atoms with Gasteiger partial charge in [-0.15, -0.1) is 0 Å². The van der Waals surface area contributed by atoms with Crippen LogP contribution in [0.15, 0.2) is 104 Å². The number of aryl methyl sites for hydroxylation is 1. The maximum Gasteiger partial charge on any atom is 0.262 e. The summed E-state index contributed by atoms with van der Waals surface area (Å²) in [6.45, 7) is 9.46. The number of nitrogens with one attached hydrogen (secondary N) is 1. The number of anilines is 1. The maximum atomic E-state index is 13.1. The average molecular weight is 778 g/mol. The fourth-order valence-electron chi connectivity index (χ4n) is 8.24. The molecule has 0 bridgehead atoms. The maximum absolute atomic E-state index is 13.1. The summed E-state index contributed by atoms with van der Waals surface area (Å²) in [5, 5.41) is 7.68. The topological polar surface area (TPSA) is 139 Å². The number of ketones is 1. The fourth-order valence-corrected chi connectivity index (χ4v) is 8.24. The van der Waals surface area contributed by atoms with E-state index in [9.17, 15) is 19.2 Å². The van der Waals surface area contributed by atoms with E-state index in [1.165, 1.54) is 0 Å². The summed E-state index contributed by atoms with van der Waals surface area (Å²) in [6, 6.07) is 22.5. The lowest BCUT2D eigenvalue weighted by Gasteiger charge is -2.36. The molecule has 3 aliphatic heterocycles. The van der Waals surface area contributed by atoms with Crippen LogP contribution in [-0.2, 0) is 16.0 Å². The summed E-state index contributed by atoms with van der Waals surface area (Å²) in [6.07, 6.45) is 7.84. The number of Topliss-reactive ketones (excluding diaryl/α,β-unsaturated/α-hetero) is 1. The van der Waals surface area contributed by atoms with E-state index in [1.807, 2.05) is 28.9 Å². The van der Waals surface area contributed by atoms with Gasteiger partial charge in [-0.25, -0.2) is 4.68 Å². The zero-order valence-electron chi connectivity index (χ0n) is 32.1. The lowest BCUT2D eigenvalue weighted by atomic mass is 9.98. The molecule has 0 saturated carbocycles. The molecular formula is C45H43N7O6. The first-order chi connectivity index (χ1) is 28.3. The molecule has 1 unspecified atom stereocenters. The highest BCUT2D eigenvalue weighted by atomic mass is 16.5. The molecule has 0 spiro atoms. The number of benzene rings is 3. The van der Waals surface area contributed by atoms with Gasteiger partial charge in [0.2, 0.25) is 5.91 Å². The standard InChI is InChI=1S/C45H43N7O6/c1-29-2-12-40(43(54)47-29)52-44(55)37-11-9-35(27-38(37)45(52)56)58-25-24-57-23-22-49-18-20-50(21-19-49)33-5-7-34(8-6-33)51-28-39(42(48-51)30-14-16-46-17-15-30)32-3-10-36-31(26-32)4-13-41(36)53/h3,5-11,14-17,26-28,40H,1-2,4,12-13,18-25H2,(H,47,54). The Kier molecular flexibility index (Phi) is 10.1. The van der Waals surface area contributed by atoms with Gasteiger partial charge in [0, 0.05) is 85.8 Å². The molecule has 2 saturated heterocycles. The van der Waals surface area contributed by atoms with Crippen molar-refractivity contribution in [3.05, 3.63) is 126 Å². The van der Waals surface area contributed by atoms with Crippen LogP contribution < -0.4 is 15.0 Å². The number of imide groups is 1. The van der Waals surface area contributed by atoms with Crippen molar-refractivity contribution in [3.63, 3.8) is 0 Å². The predicted molar refractivity (Wildman–Crippen MR) is 217 cm³/mol. The van der Waals surface area contributed by atoms with Gasteiger partial charge in [0.25, 0.3) is 11.8 Å². The molecule has 4 aliphatic rings. The lowest BCUT2D eigenvalue weighted by Crippen LogP contribution is -2.51. The minimum Gasteiger partial charge on any atom is -0.491 e. The molecule has 58 heavy (non-hydrogen) atoms. The van der Waals surface area contributed by atoms with E-state index in [0.29, 0.717) is 50.5 Å². The van der Waals surface area contributed by atoms with Crippen LogP contribution in [0.5, 0.6) is 5.75 Å². The largest absolute Gasteiger partial charge is 0.491 e. The van der Waals surface area contributed by atoms with Crippen molar-refractivity contribution in [1.29, 1.82) is 0 Å². The molecule has 1 aliphatic carbocycles. The van der Waals surface area contributed by atoms with Crippen molar-refractivity contribution >= 4 is 29.2 Å². The zero-order valence-corrected chi connectivity index (χ0v) is 32.1. The molecule has 1 N–H and O–H groups in total. The number of pyridine rings is 1.